The zero-order valence-corrected chi connectivity index (χ0v) is 15.1. The number of halogens is 2. The second-order valence-corrected chi connectivity index (χ2v) is 7.14. The summed E-state index contributed by atoms with van der Waals surface area (Å²) in [5, 5.41) is 3.20. The van der Waals surface area contributed by atoms with Crippen LogP contribution >= 0.6 is 23.2 Å². The molecule has 8 heteroatoms. The molecule has 0 saturated heterocycles. The Morgan fingerprint density at radius 1 is 1.09 bits per heavy atom. The van der Waals surface area contributed by atoms with E-state index in [-0.39, 0.29) is 5.02 Å². The second kappa shape index (κ2) is 7.38. The van der Waals surface area contributed by atoms with Crippen molar-refractivity contribution in [2.45, 2.75) is 45.8 Å². The van der Waals surface area contributed by atoms with Crippen LogP contribution in [0.15, 0.2) is 18.2 Å². The molecular weight excluding hydrogens is 343 g/mol. The van der Waals surface area contributed by atoms with Crippen molar-refractivity contribution in [2.75, 3.05) is 5.32 Å². The Bertz CT molecular complexity index is 598. The minimum absolute atomic E-state index is 0.277. The first-order chi connectivity index (χ1) is 10.4. The summed E-state index contributed by atoms with van der Waals surface area (Å²) in [5.74, 6) is -0.602. The Morgan fingerprint density at radius 2 is 1.70 bits per heavy atom. The van der Waals surface area contributed by atoms with Gasteiger partial charge in [-0.3, -0.25) is 4.84 Å². The van der Waals surface area contributed by atoms with Gasteiger partial charge in [0.25, 0.3) is 0 Å². The SMILES string of the molecule is CC(C)(C)OC(=O)C(C)(C)ONC(=O)Nc1ccc(Cl)cc1Cl. The number of benzene rings is 1. The van der Waals surface area contributed by atoms with E-state index in [0.717, 1.165) is 0 Å². The molecule has 1 aromatic carbocycles. The van der Waals surface area contributed by atoms with Gasteiger partial charge in [-0.15, -0.1) is 0 Å². The van der Waals surface area contributed by atoms with Crippen LogP contribution in [0.5, 0.6) is 0 Å². The number of urea groups is 1. The Labute approximate surface area is 145 Å². The predicted molar refractivity (Wildman–Crippen MR) is 89.6 cm³/mol. The van der Waals surface area contributed by atoms with Gasteiger partial charge in [0.15, 0.2) is 5.60 Å². The zero-order chi connectivity index (χ0) is 17.8. The first kappa shape index (κ1) is 19.5. The van der Waals surface area contributed by atoms with Crippen molar-refractivity contribution in [2.24, 2.45) is 0 Å². The summed E-state index contributed by atoms with van der Waals surface area (Å²) in [6.45, 7) is 8.18. The largest absolute Gasteiger partial charge is 0.458 e. The third-order valence-corrected chi connectivity index (χ3v) is 3.02. The Morgan fingerprint density at radius 3 is 2.22 bits per heavy atom. The number of esters is 1. The molecule has 2 N–H and O–H groups in total. The lowest BCUT2D eigenvalue weighted by atomic mass is 10.1. The normalized spacial score (nSPS) is 11.8. The van der Waals surface area contributed by atoms with E-state index >= 15 is 0 Å². The van der Waals surface area contributed by atoms with Crippen LogP contribution in [0.3, 0.4) is 0 Å². The lowest BCUT2D eigenvalue weighted by molar-refractivity contribution is -0.184. The summed E-state index contributed by atoms with van der Waals surface area (Å²) in [7, 11) is 0. The van der Waals surface area contributed by atoms with Crippen molar-refractivity contribution in [3.05, 3.63) is 28.2 Å². The van der Waals surface area contributed by atoms with Gasteiger partial charge in [0.1, 0.15) is 5.60 Å². The van der Waals surface area contributed by atoms with E-state index in [0.29, 0.717) is 10.7 Å². The molecule has 0 spiro atoms. The summed E-state index contributed by atoms with van der Waals surface area (Å²) in [4.78, 5) is 28.9. The van der Waals surface area contributed by atoms with Crippen LogP contribution in [-0.4, -0.2) is 23.2 Å². The number of anilines is 1. The first-order valence-electron chi connectivity index (χ1n) is 6.84. The number of hydrogen-bond acceptors (Lipinski definition) is 4. The molecule has 0 bridgehead atoms. The smallest absolute Gasteiger partial charge is 0.343 e. The monoisotopic (exact) mass is 362 g/mol. The molecule has 0 aromatic heterocycles. The van der Waals surface area contributed by atoms with Crippen molar-refractivity contribution >= 4 is 40.9 Å². The highest BCUT2D eigenvalue weighted by atomic mass is 35.5. The molecule has 0 saturated carbocycles. The number of carbonyl (C=O) groups excluding carboxylic acids is 2. The number of ether oxygens (including phenoxy) is 1. The zero-order valence-electron chi connectivity index (χ0n) is 13.6. The lowest BCUT2D eigenvalue weighted by Gasteiger charge is -2.28. The molecule has 0 aliphatic carbocycles. The fourth-order valence-electron chi connectivity index (χ4n) is 1.36. The average Bonchev–Trinajstić information content (AvgIpc) is 2.38. The van der Waals surface area contributed by atoms with Crippen molar-refractivity contribution < 1.29 is 19.2 Å². The quantitative estimate of drug-likeness (QED) is 0.622. The van der Waals surface area contributed by atoms with E-state index in [4.69, 9.17) is 32.8 Å². The van der Waals surface area contributed by atoms with Crippen LogP contribution in [0.25, 0.3) is 0 Å². The van der Waals surface area contributed by atoms with Gasteiger partial charge < -0.3 is 10.1 Å². The van der Waals surface area contributed by atoms with Gasteiger partial charge in [-0.1, -0.05) is 23.2 Å². The third-order valence-electron chi connectivity index (χ3n) is 2.47. The fraction of sp³-hybridized carbons (Fsp3) is 0.467. The fourth-order valence-corrected chi connectivity index (χ4v) is 1.81. The van der Waals surface area contributed by atoms with E-state index in [2.05, 4.69) is 10.8 Å². The van der Waals surface area contributed by atoms with Gasteiger partial charge in [0.05, 0.1) is 10.7 Å². The molecular formula is C15H20Cl2N2O4. The third kappa shape index (κ3) is 6.64. The van der Waals surface area contributed by atoms with Gasteiger partial charge in [0.2, 0.25) is 0 Å². The maximum Gasteiger partial charge on any atom is 0.343 e. The number of hydrogen-bond donors (Lipinski definition) is 2. The summed E-state index contributed by atoms with van der Waals surface area (Å²) in [6.07, 6.45) is 0. The topological polar surface area (TPSA) is 76.7 Å². The van der Waals surface area contributed by atoms with Gasteiger partial charge in [0, 0.05) is 5.02 Å². The number of amides is 2. The first-order valence-corrected chi connectivity index (χ1v) is 7.60. The van der Waals surface area contributed by atoms with Crippen molar-refractivity contribution in [3.8, 4) is 0 Å². The Balaban J connectivity index is 2.59. The molecule has 0 radical (unpaired) electrons. The van der Waals surface area contributed by atoms with Gasteiger partial charge >= 0.3 is 12.0 Å². The molecule has 0 heterocycles. The summed E-state index contributed by atoms with van der Waals surface area (Å²) in [5.41, 5.74) is 0.483. The molecule has 0 fully saturated rings. The summed E-state index contributed by atoms with van der Waals surface area (Å²) < 4.78 is 5.21. The van der Waals surface area contributed by atoms with Crippen LogP contribution in [0, 0.1) is 0 Å². The lowest BCUT2D eigenvalue weighted by Crippen LogP contribution is -2.46. The minimum Gasteiger partial charge on any atom is -0.458 e. The standard InChI is InChI=1S/C15H20Cl2N2O4/c1-14(2,3)22-12(20)15(4,5)23-19-13(21)18-11-7-6-9(16)8-10(11)17/h6-8H,1-5H3,(H2,18,19,21). The molecule has 128 valence electrons. The molecule has 1 rings (SSSR count). The van der Waals surface area contributed by atoms with E-state index in [9.17, 15) is 9.59 Å². The van der Waals surface area contributed by atoms with Crippen molar-refractivity contribution in [3.63, 3.8) is 0 Å². The highest BCUT2D eigenvalue weighted by molar-refractivity contribution is 6.36. The maximum absolute atomic E-state index is 12.0. The molecule has 0 atom stereocenters. The van der Waals surface area contributed by atoms with Crippen molar-refractivity contribution in [1.82, 2.24) is 5.48 Å². The number of carbonyl (C=O) groups is 2. The summed E-state index contributed by atoms with van der Waals surface area (Å²) in [6, 6.07) is 3.92. The number of rotatable bonds is 4. The molecule has 0 aliphatic heterocycles. The van der Waals surface area contributed by atoms with Crippen molar-refractivity contribution in [1.29, 1.82) is 0 Å². The minimum atomic E-state index is -1.35. The van der Waals surface area contributed by atoms with Gasteiger partial charge in [-0.05, 0) is 52.8 Å². The van der Waals surface area contributed by atoms with E-state index in [1.165, 1.54) is 19.9 Å². The number of hydroxylamine groups is 1. The van der Waals surface area contributed by atoms with Crippen LogP contribution in [0.1, 0.15) is 34.6 Å². The maximum atomic E-state index is 12.0. The van der Waals surface area contributed by atoms with E-state index < -0.39 is 23.2 Å². The van der Waals surface area contributed by atoms with Crippen LogP contribution < -0.4 is 10.8 Å². The molecule has 0 aliphatic rings. The second-order valence-electron chi connectivity index (χ2n) is 6.29. The summed E-state index contributed by atoms with van der Waals surface area (Å²) >= 11 is 11.7. The van der Waals surface area contributed by atoms with Crippen LogP contribution in [0.2, 0.25) is 10.0 Å². The number of nitrogens with one attached hydrogen (secondary N) is 2. The Kier molecular flexibility index (Phi) is 6.27. The van der Waals surface area contributed by atoms with E-state index in [1.807, 2.05) is 0 Å². The highest BCUT2D eigenvalue weighted by Gasteiger charge is 2.35. The Hall–Kier alpha value is -1.50. The predicted octanol–water partition coefficient (Wildman–Crippen LogP) is 4.17. The highest BCUT2D eigenvalue weighted by Crippen LogP contribution is 2.25. The molecule has 2 amide bonds. The molecule has 1 aromatic rings. The van der Waals surface area contributed by atoms with Crippen LogP contribution in [0.4, 0.5) is 10.5 Å². The average molecular weight is 363 g/mol. The van der Waals surface area contributed by atoms with Gasteiger partial charge in [-0.2, -0.15) is 0 Å². The van der Waals surface area contributed by atoms with Gasteiger partial charge in [-0.25, -0.2) is 15.1 Å². The van der Waals surface area contributed by atoms with E-state index in [1.54, 1.807) is 32.9 Å². The molecule has 23 heavy (non-hydrogen) atoms. The van der Waals surface area contributed by atoms with Crippen LogP contribution in [-0.2, 0) is 14.4 Å². The molecule has 0 unspecified atom stereocenters. The molecule has 6 nitrogen and oxygen atoms in total.